The van der Waals surface area contributed by atoms with Crippen LogP contribution in [0.5, 0.6) is 0 Å². The van der Waals surface area contributed by atoms with Crippen LogP contribution in [0.2, 0.25) is 0 Å². The number of pyridine rings is 2. The lowest BCUT2D eigenvalue weighted by molar-refractivity contribution is 0.763. The van der Waals surface area contributed by atoms with E-state index in [2.05, 4.69) is 0 Å². The average molecular weight is 372 g/mol. The van der Waals surface area contributed by atoms with E-state index in [4.69, 9.17) is 11.5 Å². The number of aryl methyl sites for hydroxylation is 2. The number of benzene rings is 3. The number of nitrogen functional groups attached to an aromatic ring is 2. The number of rotatable bonds is 2. The van der Waals surface area contributed by atoms with Crippen LogP contribution in [0.1, 0.15) is 13.8 Å². The molecule has 6 nitrogen and oxygen atoms in total. The van der Waals surface area contributed by atoms with E-state index in [0.717, 1.165) is 43.4 Å². The van der Waals surface area contributed by atoms with Crippen molar-refractivity contribution in [2.45, 2.75) is 26.9 Å². The number of nitrogens with zero attached hydrogens (tertiary/aromatic N) is 2. The monoisotopic (exact) mass is 372 g/mol. The van der Waals surface area contributed by atoms with Gasteiger partial charge < -0.3 is 20.6 Å². The molecule has 2 heterocycles. The van der Waals surface area contributed by atoms with Crippen molar-refractivity contribution in [1.82, 2.24) is 9.13 Å². The van der Waals surface area contributed by atoms with Crippen molar-refractivity contribution in [3.05, 3.63) is 57.1 Å². The molecule has 140 valence electrons. The van der Waals surface area contributed by atoms with Crippen LogP contribution >= 0.6 is 0 Å². The molecule has 0 aliphatic carbocycles. The van der Waals surface area contributed by atoms with Gasteiger partial charge in [0.1, 0.15) is 11.4 Å². The molecule has 2 aromatic heterocycles. The van der Waals surface area contributed by atoms with Gasteiger partial charge in [0.25, 0.3) is 11.1 Å². The summed E-state index contributed by atoms with van der Waals surface area (Å²) in [5.74, 6) is 0. The van der Waals surface area contributed by atoms with Gasteiger partial charge in [-0.25, -0.2) is 0 Å². The SMILES string of the molecule is CCn1c(=O)c(N)c2c3cccc4c3c(c(N)c(=O)n4CC)c3cccc1c32. The summed E-state index contributed by atoms with van der Waals surface area (Å²) < 4.78 is 3.35. The Hall–Kier alpha value is -3.54. The third kappa shape index (κ3) is 1.77. The molecule has 0 fully saturated rings. The molecule has 0 saturated carbocycles. The van der Waals surface area contributed by atoms with Crippen molar-refractivity contribution in [3.63, 3.8) is 0 Å². The summed E-state index contributed by atoms with van der Waals surface area (Å²) >= 11 is 0. The fraction of sp³-hybridized carbons (Fsp3) is 0.182. The Bertz CT molecular complexity index is 1420. The van der Waals surface area contributed by atoms with Crippen LogP contribution in [0.25, 0.3) is 43.4 Å². The molecule has 0 aliphatic rings. The minimum atomic E-state index is -0.195. The molecule has 28 heavy (non-hydrogen) atoms. The van der Waals surface area contributed by atoms with Gasteiger partial charge in [-0.2, -0.15) is 0 Å². The molecule has 0 atom stereocenters. The van der Waals surface area contributed by atoms with Gasteiger partial charge in [0, 0.05) is 34.6 Å². The van der Waals surface area contributed by atoms with Gasteiger partial charge in [0.05, 0.1) is 11.0 Å². The smallest absolute Gasteiger partial charge is 0.274 e. The van der Waals surface area contributed by atoms with Crippen LogP contribution in [0.4, 0.5) is 11.4 Å². The summed E-state index contributed by atoms with van der Waals surface area (Å²) in [7, 11) is 0. The zero-order valence-electron chi connectivity index (χ0n) is 15.7. The maximum atomic E-state index is 13.0. The Labute approximate surface area is 159 Å². The lowest BCUT2D eigenvalue weighted by Gasteiger charge is -2.20. The molecule has 5 aromatic rings. The second-order valence-electron chi connectivity index (χ2n) is 7.08. The van der Waals surface area contributed by atoms with Gasteiger partial charge in [-0.15, -0.1) is 0 Å². The first-order valence-corrected chi connectivity index (χ1v) is 9.41. The Kier molecular flexibility index (Phi) is 3.25. The van der Waals surface area contributed by atoms with Gasteiger partial charge in [-0.05, 0) is 36.8 Å². The summed E-state index contributed by atoms with van der Waals surface area (Å²) in [4.78, 5) is 25.9. The average Bonchev–Trinajstić information content (AvgIpc) is 2.71. The highest BCUT2D eigenvalue weighted by Gasteiger charge is 2.22. The summed E-state index contributed by atoms with van der Waals surface area (Å²) in [6.45, 7) is 4.85. The van der Waals surface area contributed by atoms with Crippen LogP contribution in [0.15, 0.2) is 46.0 Å². The molecule has 0 aliphatic heterocycles. The molecule has 0 spiro atoms. The molecule has 5 rings (SSSR count). The third-order valence-electron chi connectivity index (χ3n) is 5.83. The van der Waals surface area contributed by atoms with Gasteiger partial charge in [0.2, 0.25) is 0 Å². The van der Waals surface area contributed by atoms with E-state index in [0.29, 0.717) is 13.1 Å². The predicted molar refractivity (Wildman–Crippen MR) is 116 cm³/mol. The highest BCUT2D eigenvalue weighted by Crippen LogP contribution is 2.42. The number of fused-ring (bicyclic) bond motifs is 2. The van der Waals surface area contributed by atoms with Crippen molar-refractivity contribution in [2.24, 2.45) is 0 Å². The van der Waals surface area contributed by atoms with Crippen LogP contribution < -0.4 is 22.6 Å². The standard InChI is InChI=1S/C22H20N4O2/c1-3-25-13-9-5-7-11-15(13)17(19(23)21(25)27)12-8-6-10-14-16(12)18(11)20(24)22(28)26(14)4-2/h5-10H,3-4,23-24H2,1-2H3. The highest BCUT2D eigenvalue weighted by molar-refractivity contribution is 6.36. The predicted octanol–water partition coefficient (Wildman–Crippen LogP) is 3.26. The maximum Gasteiger partial charge on any atom is 0.274 e. The number of nitrogens with two attached hydrogens (primary N) is 2. The number of aromatic nitrogens is 2. The fourth-order valence-electron chi connectivity index (χ4n) is 4.65. The lowest BCUT2D eigenvalue weighted by Crippen LogP contribution is -2.24. The number of hydrogen-bond donors (Lipinski definition) is 2. The molecular weight excluding hydrogens is 352 g/mol. The van der Waals surface area contributed by atoms with Gasteiger partial charge >= 0.3 is 0 Å². The normalized spacial score (nSPS) is 12.1. The topological polar surface area (TPSA) is 96.0 Å². The Morgan fingerprint density at radius 2 is 1.07 bits per heavy atom. The summed E-state index contributed by atoms with van der Waals surface area (Å²) in [5.41, 5.74) is 14.4. The number of hydrogen-bond acceptors (Lipinski definition) is 4. The minimum Gasteiger partial charge on any atom is -0.394 e. The molecule has 6 heteroatoms. The zero-order valence-corrected chi connectivity index (χ0v) is 15.7. The Morgan fingerprint density at radius 3 is 1.43 bits per heavy atom. The molecule has 0 radical (unpaired) electrons. The van der Waals surface area contributed by atoms with E-state index in [9.17, 15) is 9.59 Å². The second kappa shape index (κ2) is 5.48. The second-order valence-corrected chi connectivity index (χ2v) is 7.08. The van der Waals surface area contributed by atoms with E-state index in [1.54, 1.807) is 9.13 Å². The van der Waals surface area contributed by atoms with Crippen LogP contribution in [0, 0.1) is 0 Å². The van der Waals surface area contributed by atoms with Crippen molar-refractivity contribution in [3.8, 4) is 0 Å². The molecule has 0 saturated heterocycles. The van der Waals surface area contributed by atoms with E-state index in [1.807, 2.05) is 50.2 Å². The quantitative estimate of drug-likeness (QED) is 0.367. The first-order chi connectivity index (χ1) is 13.5. The first-order valence-electron chi connectivity index (χ1n) is 9.41. The molecule has 3 aromatic carbocycles. The van der Waals surface area contributed by atoms with Crippen LogP contribution in [0.3, 0.4) is 0 Å². The molecular formula is C22H20N4O2. The fourth-order valence-corrected chi connectivity index (χ4v) is 4.65. The largest absolute Gasteiger partial charge is 0.394 e. The van der Waals surface area contributed by atoms with Crippen molar-refractivity contribution >= 4 is 54.7 Å². The van der Waals surface area contributed by atoms with Gasteiger partial charge in [0.15, 0.2) is 0 Å². The van der Waals surface area contributed by atoms with Crippen molar-refractivity contribution in [2.75, 3.05) is 11.5 Å². The van der Waals surface area contributed by atoms with E-state index in [1.165, 1.54) is 0 Å². The zero-order chi connectivity index (χ0) is 19.7. The van der Waals surface area contributed by atoms with Crippen molar-refractivity contribution in [1.29, 1.82) is 0 Å². The molecule has 0 unspecified atom stereocenters. The van der Waals surface area contributed by atoms with Crippen molar-refractivity contribution < 1.29 is 0 Å². The van der Waals surface area contributed by atoms with Crippen LogP contribution in [-0.2, 0) is 13.1 Å². The number of anilines is 2. The molecule has 0 amide bonds. The molecule has 0 bridgehead atoms. The highest BCUT2D eigenvalue weighted by atomic mass is 16.1. The Balaban J connectivity index is 2.30. The van der Waals surface area contributed by atoms with E-state index < -0.39 is 0 Å². The van der Waals surface area contributed by atoms with Gasteiger partial charge in [-0.1, -0.05) is 24.3 Å². The summed E-state index contributed by atoms with van der Waals surface area (Å²) in [6, 6.07) is 11.5. The Morgan fingerprint density at radius 1 is 0.679 bits per heavy atom. The first kappa shape index (κ1) is 16.6. The van der Waals surface area contributed by atoms with E-state index >= 15 is 0 Å². The van der Waals surface area contributed by atoms with Crippen LogP contribution in [-0.4, -0.2) is 9.13 Å². The lowest BCUT2D eigenvalue weighted by atomic mass is 9.91. The third-order valence-corrected chi connectivity index (χ3v) is 5.83. The summed E-state index contributed by atoms with van der Waals surface area (Å²) in [5, 5.41) is 4.92. The molecule has 4 N–H and O–H groups in total. The minimum absolute atomic E-state index is 0.195. The van der Waals surface area contributed by atoms with Gasteiger partial charge in [-0.3, -0.25) is 9.59 Å². The maximum absolute atomic E-state index is 13.0. The van der Waals surface area contributed by atoms with E-state index in [-0.39, 0.29) is 22.5 Å². The summed E-state index contributed by atoms with van der Waals surface area (Å²) in [6.07, 6.45) is 0.